The fourth-order valence-corrected chi connectivity index (χ4v) is 5.13. The van der Waals surface area contributed by atoms with Crippen molar-refractivity contribution in [3.8, 4) is 22.4 Å². The predicted molar refractivity (Wildman–Crippen MR) is 133 cm³/mol. The highest BCUT2D eigenvalue weighted by molar-refractivity contribution is 7.10. The van der Waals surface area contributed by atoms with Gasteiger partial charge in [-0.05, 0) is 37.1 Å². The van der Waals surface area contributed by atoms with Gasteiger partial charge in [0.2, 0.25) is 11.3 Å². The Morgan fingerprint density at radius 3 is 2.62 bits per heavy atom. The minimum atomic E-state index is -5.08. The normalized spacial score (nSPS) is 16.5. The number of nitrogen functional groups attached to an aromatic ring is 1. The number of aliphatic hydroxyl groups is 2. The average Bonchev–Trinajstić information content (AvgIpc) is 3.58. The lowest BCUT2D eigenvalue weighted by Crippen LogP contribution is -2.42. The number of nitrogens with two attached hydrogens (primary N) is 1. The third kappa shape index (κ3) is 5.41. The van der Waals surface area contributed by atoms with Crippen LogP contribution in [0.2, 0.25) is 5.02 Å². The molecule has 0 bridgehead atoms. The minimum absolute atomic E-state index is 0.155. The zero-order chi connectivity index (χ0) is 28.7. The second-order valence-electron chi connectivity index (χ2n) is 8.50. The number of rotatable bonds is 4. The van der Waals surface area contributed by atoms with E-state index in [1.807, 2.05) is 6.07 Å². The Hall–Kier alpha value is -3.72. The van der Waals surface area contributed by atoms with Crippen molar-refractivity contribution >= 4 is 34.6 Å². The number of imidazole rings is 1. The quantitative estimate of drug-likeness (QED) is 0.104. The van der Waals surface area contributed by atoms with Gasteiger partial charge in [0.15, 0.2) is 6.20 Å². The molecule has 0 amide bonds. The first-order valence-electron chi connectivity index (χ1n) is 11.0. The van der Waals surface area contributed by atoms with Gasteiger partial charge >= 0.3 is 12.1 Å². The Bertz CT molecular complexity index is 1560. The number of carboxylic acid groups (broad SMARTS) is 1. The van der Waals surface area contributed by atoms with Crippen molar-refractivity contribution < 1.29 is 42.4 Å². The molecule has 15 heteroatoms. The molecule has 0 fully saturated rings. The van der Waals surface area contributed by atoms with Gasteiger partial charge in [-0.2, -0.15) is 17.9 Å². The van der Waals surface area contributed by atoms with Crippen molar-refractivity contribution in [2.45, 2.75) is 31.2 Å². The standard InChI is InChI=1S/C22H18ClFN4O3S.C2HF3O2/c23-13-1-2-16(25)14(6-13)12-5-11-3-4-22(30,20(11)28(31)8-12)21-26-7-17(27-21)15-10-32-18(9-29)19(15)24;3-2(4,5)1(6)7/h1-2,5-8,10,29-30H,3-4,9,25H2,(H,26,27);(H,6,7). The number of halogens is 5. The lowest BCUT2D eigenvalue weighted by molar-refractivity contribution is -0.620. The number of anilines is 1. The number of benzene rings is 1. The molecular formula is C24H19ClF4N4O5S. The molecule has 9 nitrogen and oxygen atoms in total. The smallest absolute Gasteiger partial charge is 0.490 e. The molecule has 39 heavy (non-hydrogen) atoms. The number of nitrogens with one attached hydrogen (secondary N) is 1. The molecule has 4 aromatic rings. The maximum absolute atomic E-state index is 14.4. The van der Waals surface area contributed by atoms with Gasteiger partial charge < -0.3 is 31.2 Å². The van der Waals surface area contributed by atoms with E-state index in [9.17, 15) is 33.0 Å². The first-order valence-corrected chi connectivity index (χ1v) is 12.3. The first kappa shape index (κ1) is 28.3. The van der Waals surface area contributed by atoms with E-state index in [0.29, 0.717) is 38.6 Å². The van der Waals surface area contributed by atoms with Crippen LogP contribution in [0.5, 0.6) is 0 Å². The number of aryl methyl sites for hydroxylation is 1. The van der Waals surface area contributed by atoms with Gasteiger partial charge in [-0.1, -0.05) is 11.6 Å². The number of aromatic nitrogens is 3. The number of thiophene rings is 1. The first-order chi connectivity index (χ1) is 18.3. The maximum Gasteiger partial charge on any atom is 0.490 e. The molecule has 0 saturated heterocycles. The Kier molecular flexibility index (Phi) is 7.58. The Morgan fingerprint density at radius 2 is 2.00 bits per heavy atom. The fraction of sp³-hybridized carbons (Fsp3) is 0.208. The van der Waals surface area contributed by atoms with Gasteiger partial charge in [-0.25, -0.2) is 14.2 Å². The number of aliphatic carboxylic acids is 1. The van der Waals surface area contributed by atoms with Crippen molar-refractivity contribution in [1.82, 2.24) is 9.97 Å². The highest BCUT2D eigenvalue weighted by atomic mass is 35.5. The SMILES string of the molecule is Nc1ccc(Cl)cc1-c1cc2c([n+]([O-])c1)C(O)(c1nc(-c3csc(CO)c3F)c[nH]1)CC2.O=C(O)C(F)(F)F. The predicted octanol–water partition coefficient (Wildman–Crippen LogP) is 4.12. The van der Waals surface area contributed by atoms with Crippen LogP contribution in [0.25, 0.3) is 22.4 Å². The number of aliphatic hydroxyl groups excluding tert-OH is 1. The fourth-order valence-electron chi connectivity index (χ4n) is 4.19. The molecule has 5 rings (SSSR count). The molecule has 6 N–H and O–H groups in total. The highest BCUT2D eigenvalue weighted by Gasteiger charge is 2.48. The number of hydrogen-bond acceptors (Lipinski definition) is 7. The molecule has 3 heterocycles. The van der Waals surface area contributed by atoms with E-state index in [2.05, 4.69) is 9.97 Å². The van der Waals surface area contributed by atoms with Crippen molar-refractivity contribution in [2.24, 2.45) is 0 Å². The largest absolute Gasteiger partial charge is 0.618 e. The van der Waals surface area contributed by atoms with E-state index < -0.39 is 30.2 Å². The van der Waals surface area contributed by atoms with E-state index in [0.717, 1.165) is 11.3 Å². The molecule has 0 spiro atoms. The summed E-state index contributed by atoms with van der Waals surface area (Å²) in [5.41, 5.74) is 7.48. The van der Waals surface area contributed by atoms with E-state index in [-0.39, 0.29) is 34.1 Å². The summed E-state index contributed by atoms with van der Waals surface area (Å²) in [4.78, 5) is 16.4. The number of H-pyrrole nitrogens is 1. The molecule has 1 atom stereocenters. The summed E-state index contributed by atoms with van der Waals surface area (Å²) >= 11 is 7.18. The number of hydrogen-bond donors (Lipinski definition) is 5. The van der Waals surface area contributed by atoms with Gasteiger partial charge in [0.25, 0.3) is 0 Å². The molecule has 1 aliphatic rings. The second kappa shape index (κ2) is 10.4. The van der Waals surface area contributed by atoms with Gasteiger partial charge in [0.1, 0.15) is 11.6 Å². The zero-order valence-electron chi connectivity index (χ0n) is 19.6. The number of pyridine rings is 1. The van der Waals surface area contributed by atoms with Crippen LogP contribution >= 0.6 is 22.9 Å². The van der Waals surface area contributed by atoms with Crippen molar-refractivity contribution in [1.29, 1.82) is 0 Å². The monoisotopic (exact) mass is 586 g/mol. The molecule has 0 radical (unpaired) electrons. The van der Waals surface area contributed by atoms with Crippen LogP contribution < -0.4 is 10.5 Å². The molecular weight excluding hydrogens is 568 g/mol. The van der Waals surface area contributed by atoms with E-state index in [4.69, 9.17) is 27.2 Å². The lowest BCUT2D eigenvalue weighted by atomic mass is 9.98. The number of nitrogens with zero attached hydrogens (tertiary/aromatic N) is 2. The maximum atomic E-state index is 14.4. The van der Waals surface area contributed by atoms with Crippen LogP contribution in [-0.2, 0) is 23.4 Å². The van der Waals surface area contributed by atoms with Crippen LogP contribution in [0.3, 0.4) is 0 Å². The molecule has 1 unspecified atom stereocenters. The number of aromatic amines is 1. The number of alkyl halides is 3. The van der Waals surface area contributed by atoms with Gasteiger partial charge in [-0.3, -0.25) is 0 Å². The third-order valence-corrected chi connectivity index (χ3v) is 7.20. The van der Waals surface area contributed by atoms with Crippen LogP contribution in [0.1, 0.15) is 28.4 Å². The Labute approximate surface area is 226 Å². The lowest BCUT2D eigenvalue weighted by Gasteiger charge is -2.20. The second-order valence-corrected chi connectivity index (χ2v) is 9.90. The summed E-state index contributed by atoms with van der Waals surface area (Å²) in [6, 6.07) is 6.85. The van der Waals surface area contributed by atoms with Gasteiger partial charge in [0.05, 0.1) is 17.2 Å². The van der Waals surface area contributed by atoms with Gasteiger partial charge in [-0.15, -0.1) is 11.3 Å². The van der Waals surface area contributed by atoms with E-state index in [1.54, 1.807) is 23.6 Å². The van der Waals surface area contributed by atoms with Crippen LogP contribution in [0.4, 0.5) is 23.2 Å². The van der Waals surface area contributed by atoms with Crippen molar-refractivity contribution in [2.75, 3.05) is 5.73 Å². The molecule has 1 aliphatic carbocycles. The molecule has 1 aromatic carbocycles. The van der Waals surface area contributed by atoms with Crippen molar-refractivity contribution in [3.63, 3.8) is 0 Å². The summed E-state index contributed by atoms with van der Waals surface area (Å²) in [7, 11) is 0. The summed E-state index contributed by atoms with van der Waals surface area (Å²) in [5, 5.41) is 42.9. The Morgan fingerprint density at radius 1 is 1.31 bits per heavy atom. The summed E-state index contributed by atoms with van der Waals surface area (Å²) in [6.45, 7) is -0.402. The van der Waals surface area contributed by atoms with Crippen LogP contribution in [-0.4, -0.2) is 37.4 Å². The summed E-state index contributed by atoms with van der Waals surface area (Å²) < 4.78 is 46.8. The summed E-state index contributed by atoms with van der Waals surface area (Å²) in [6.07, 6.45) is -1.57. The number of carbonyl (C=O) groups is 1. The highest BCUT2D eigenvalue weighted by Crippen LogP contribution is 2.41. The zero-order valence-corrected chi connectivity index (χ0v) is 21.2. The van der Waals surface area contributed by atoms with Crippen molar-refractivity contribution in [3.05, 3.63) is 80.0 Å². The molecule has 0 aliphatic heterocycles. The van der Waals surface area contributed by atoms with Crippen LogP contribution in [0, 0.1) is 11.0 Å². The molecule has 206 valence electrons. The summed E-state index contributed by atoms with van der Waals surface area (Å²) in [5.74, 6) is -3.15. The van der Waals surface area contributed by atoms with E-state index in [1.165, 1.54) is 12.4 Å². The Balaban J connectivity index is 0.000000448. The number of fused-ring (bicyclic) bond motifs is 1. The third-order valence-electron chi connectivity index (χ3n) is 6.02. The molecule has 3 aromatic heterocycles. The van der Waals surface area contributed by atoms with E-state index >= 15 is 0 Å². The topological polar surface area (TPSA) is 159 Å². The van der Waals surface area contributed by atoms with Crippen LogP contribution in [0.15, 0.2) is 42.0 Å². The molecule has 0 saturated carbocycles. The minimum Gasteiger partial charge on any atom is -0.618 e. The number of carboxylic acids is 1. The van der Waals surface area contributed by atoms with Gasteiger partial charge in [0, 0.05) is 44.5 Å². The average molecular weight is 587 g/mol.